The predicted octanol–water partition coefficient (Wildman–Crippen LogP) is 3.34. The first-order valence-electron chi connectivity index (χ1n) is 8.03. The van der Waals surface area contributed by atoms with E-state index in [0.717, 1.165) is 6.42 Å². The molecular weight excluding hydrogens is 284 g/mol. The van der Waals surface area contributed by atoms with E-state index in [-0.39, 0.29) is 23.7 Å². The zero-order valence-corrected chi connectivity index (χ0v) is 13.0. The van der Waals surface area contributed by atoms with Crippen molar-refractivity contribution in [3.8, 4) is 11.8 Å². The Bertz CT molecular complexity index is 683. The number of benzene rings is 2. The molecule has 1 unspecified atom stereocenters. The topological polar surface area (TPSA) is 37.3 Å². The van der Waals surface area contributed by atoms with Gasteiger partial charge in [0.05, 0.1) is 0 Å². The summed E-state index contributed by atoms with van der Waals surface area (Å²) in [7, 11) is 0. The van der Waals surface area contributed by atoms with Crippen LogP contribution < -0.4 is 0 Å². The van der Waals surface area contributed by atoms with Crippen LogP contribution in [0, 0.1) is 17.8 Å². The first-order valence-corrected chi connectivity index (χ1v) is 8.03. The highest BCUT2D eigenvalue weighted by molar-refractivity contribution is 6.01. The van der Waals surface area contributed by atoms with Crippen LogP contribution in [0.4, 0.5) is 0 Å². The average Bonchev–Trinajstić information content (AvgIpc) is 3.37. The van der Waals surface area contributed by atoms with Crippen LogP contribution in [-0.4, -0.2) is 17.5 Å². The zero-order valence-electron chi connectivity index (χ0n) is 13.0. The molecular formula is C21H20O2. The number of ketones is 1. The normalized spacial score (nSPS) is 17.9. The molecule has 1 aliphatic carbocycles. The van der Waals surface area contributed by atoms with Gasteiger partial charge in [-0.05, 0) is 29.9 Å². The smallest absolute Gasteiger partial charge is 0.209 e. The van der Waals surface area contributed by atoms with Crippen LogP contribution in [0.3, 0.4) is 0 Å². The van der Waals surface area contributed by atoms with E-state index in [1.165, 1.54) is 11.1 Å². The molecule has 2 aromatic rings. The minimum Gasteiger partial charge on any atom is -0.396 e. The number of hydrogen-bond donors (Lipinski definition) is 1. The Morgan fingerprint density at radius 1 is 1.04 bits per heavy atom. The summed E-state index contributed by atoms with van der Waals surface area (Å²) in [5.74, 6) is 5.60. The van der Waals surface area contributed by atoms with E-state index in [1.54, 1.807) is 0 Å². The maximum Gasteiger partial charge on any atom is 0.209 e. The summed E-state index contributed by atoms with van der Waals surface area (Å²) in [6.45, 7) is 0.115. The summed E-state index contributed by atoms with van der Waals surface area (Å²) in [6.07, 6.45) is 2.00. The highest BCUT2D eigenvalue weighted by Gasteiger charge is 2.59. The zero-order chi connectivity index (χ0) is 16.1. The minimum atomic E-state index is -0.231. The van der Waals surface area contributed by atoms with Gasteiger partial charge in [-0.15, -0.1) is 0 Å². The molecule has 0 bridgehead atoms. The average molecular weight is 304 g/mol. The van der Waals surface area contributed by atoms with Crippen LogP contribution in [-0.2, 0) is 10.2 Å². The molecule has 1 saturated carbocycles. The van der Waals surface area contributed by atoms with Gasteiger partial charge in [0, 0.05) is 24.4 Å². The second-order valence-electron chi connectivity index (χ2n) is 5.95. The lowest BCUT2D eigenvalue weighted by Crippen LogP contribution is -2.16. The minimum absolute atomic E-state index is 0.00986. The summed E-state index contributed by atoms with van der Waals surface area (Å²) in [5, 5.41) is 8.78. The molecule has 1 atom stereocenters. The molecule has 2 aromatic carbocycles. The summed E-state index contributed by atoms with van der Waals surface area (Å²) in [6, 6.07) is 20.5. The second-order valence-corrected chi connectivity index (χ2v) is 5.95. The van der Waals surface area contributed by atoms with Gasteiger partial charge >= 0.3 is 0 Å². The largest absolute Gasteiger partial charge is 0.396 e. The molecule has 0 amide bonds. The van der Waals surface area contributed by atoms with E-state index in [4.69, 9.17) is 5.11 Å². The van der Waals surface area contributed by atoms with Gasteiger partial charge in [-0.2, -0.15) is 0 Å². The van der Waals surface area contributed by atoms with Gasteiger partial charge in [0.1, 0.15) is 0 Å². The van der Waals surface area contributed by atoms with Gasteiger partial charge in [-0.1, -0.05) is 66.6 Å². The van der Waals surface area contributed by atoms with Gasteiger partial charge < -0.3 is 5.11 Å². The van der Waals surface area contributed by atoms with Crippen molar-refractivity contribution in [2.75, 3.05) is 6.61 Å². The molecule has 1 aliphatic rings. The molecule has 3 rings (SSSR count). The number of hydrogen-bond acceptors (Lipinski definition) is 2. The molecule has 0 radical (unpaired) electrons. The van der Waals surface area contributed by atoms with Crippen molar-refractivity contribution in [1.82, 2.24) is 0 Å². The van der Waals surface area contributed by atoms with Gasteiger partial charge in [0.15, 0.2) is 0 Å². The number of rotatable bonds is 5. The molecule has 0 aromatic heterocycles. The van der Waals surface area contributed by atoms with E-state index in [9.17, 15) is 4.79 Å². The third-order valence-electron chi connectivity index (χ3n) is 4.53. The third kappa shape index (κ3) is 3.06. The maximum atomic E-state index is 12.5. The summed E-state index contributed by atoms with van der Waals surface area (Å²) in [5.41, 5.74) is 2.13. The molecule has 2 heteroatoms. The Hall–Kier alpha value is -2.37. The van der Waals surface area contributed by atoms with Gasteiger partial charge in [0.25, 0.3) is 0 Å². The van der Waals surface area contributed by atoms with Crippen LogP contribution in [0.2, 0.25) is 0 Å². The van der Waals surface area contributed by atoms with E-state index in [0.29, 0.717) is 12.8 Å². The highest BCUT2D eigenvalue weighted by atomic mass is 16.2. The van der Waals surface area contributed by atoms with Crippen molar-refractivity contribution in [2.45, 2.75) is 24.7 Å². The van der Waals surface area contributed by atoms with Crippen LogP contribution in [0.5, 0.6) is 0 Å². The van der Waals surface area contributed by atoms with Crippen molar-refractivity contribution in [1.29, 1.82) is 0 Å². The first kappa shape index (κ1) is 15.5. The Morgan fingerprint density at radius 2 is 1.61 bits per heavy atom. The molecule has 1 fully saturated rings. The van der Waals surface area contributed by atoms with Crippen molar-refractivity contribution < 1.29 is 9.90 Å². The lowest BCUT2D eigenvalue weighted by atomic mass is 9.85. The van der Waals surface area contributed by atoms with E-state index < -0.39 is 0 Å². The Labute approximate surface area is 137 Å². The standard InChI is InChI=1S/C21H20O2/c22-15-9-3-8-14-20(23)19-16-21(19,17-10-4-1-5-11-17)18-12-6-2-7-13-18/h1-2,4-7,10-13,19,22H,3,9,15-16H2. The molecule has 0 spiro atoms. The quantitative estimate of drug-likeness (QED) is 0.522. The molecule has 0 aliphatic heterocycles. The Balaban J connectivity index is 1.89. The molecule has 1 N–H and O–H groups in total. The van der Waals surface area contributed by atoms with Gasteiger partial charge in [-0.25, -0.2) is 0 Å². The summed E-state index contributed by atoms with van der Waals surface area (Å²) < 4.78 is 0. The predicted molar refractivity (Wildman–Crippen MR) is 90.9 cm³/mol. The van der Waals surface area contributed by atoms with E-state index in [2.05, 4.69) is 36.1 Å². The first-order chi connectivity index (χ1) is 11.3. The van der Waals surface area contributed by atoms with Gasteiger partial charge in [-0.3, -0.25) is 4.79 Å². The number of Topliss-reactive ketones (excluding diaryl/α,β-unsaturated/α-hetero) is 1. The number of carbonyl (C=O) groups is 1. The van der Waals surface area contributed by atoms with E-state index in [1.807, 2.05) is 36.4 Å². The van der Waals surface area contributed by atoms with Crippen molar-refractivity contribution in [3.63, 3.8) is 0 Å². The summed E-state index contributed by atoms with van der Waals surface area (Å²) in [4.78, 5) is 12.5. The fourth-order valence-electron chi connectivity index (χ4n) is 3.26. The van der Waals surface area contributed by atoms with Crippen molar-refractivity contribution in [2.24, 2.45) is 5.92 Å². The Kier molecular flexibility index (Phi) is 4.60. The number of carbonyl (C=O) groups excluding carboxylic acids is 1. The molecule has 23 heavy (non-hydrogen) atoms. The maximum absolute atomic E-state index is 12.5. The highest BCUT2D eigenvalue weighted by Crippen LogP contribution is 2.59. The molecule has 2 nitrogen and oxygen atoms in total. The van der Waals surface area contributed by atoms with Crippen molar-refractivity contribution >= 4 is 5.78 Å². The molecule has 0 saturated heterocycles. The fourth-order valence-corrected chi connectivity index (χ4v) is 3.26. The van der Waals surface area contributed by atoms with Crippen LogP contribution in [0.25, 0.3) is 0 Å². The monoisotopic (exact) mass is 304 g/mol. The lowest BCUT2D eigenvalue weighted by molar-refractivity contribution is -0.115. The molecule has 0 heterocycles. The molecule has 116 valence electrons. The summed E-state index contributed by atoms with van der Waals surface area (Å²) >= 11 is 0. The fraction of sp³-hybridized carbons (Fsp3) is 0.286. The van der Waals surface area contributed by atoms with Gasteiger partial charge in [0.2, 0.25) is 5.78 Å². The van der Waals surface area contributed by atoms with Crippen LogP contribution in [0.1, 0.15) is 30.4 Å². The van der Waals surface area contributed by atoms with Crippen molar-refractivity contribution in [3.05, 3.63) is 71.8 Å². The SMILES string of the molecule is O=C(C#CCCCO)C1CC1(c1ccccc1)c1ccccc1. The number of aliphatic hydroxyl groups excluding tert-OH is 1. The third-order valence-corrected chi connectivity index (χ3v) is 4.53. The van der Waals surface area contributed by atoms with E-state index >= 15 is 0 Å². The van der Waals surface area contributed by atoms with Crippen LogP contribution in [0.15, 0.2) is 60.7 Å². The Morgan fingerprint density at radius 3 is 2.13 bits per heavy atom. The number of unbranched alkanes of at least 4 members (excludes halogenated alkanes) is 1. The number of aliphatic hydroxyl groups is 1. The second kappa shape index (κ2) is 6.81. The van der Waals surface area contributed by atoms with Crippen LogP contribution >= 0.6 is 0 Å². The lowest BCUT2D eigenvalue weighted by Gasteiger charge is -2.18.